The van der Waals surface area contributed by atoms with Gasteiger partial charge in [0.15, 0.2) is 0 Å². The molecule has 0 aliphatic rings. The van der Waals surface area contributed by atoms with Gasteiger partial charge in [-0.25, -0.2) is 4.98 Å². The van der Waals surface area contributed by atoms with Crippen molar-refractivity contribution < 1.29 is 0 Å². The lowest BCUT2D eigenvalue weighted by molar-refractivity contribution is 0.513. The molecule has 4 heteroatoms. The maximum Gasteiger partial charge on any atom is 0.138 e. The van der Waals surface area contributed by atoms with Crippen molar-refractivity contribution in [2.24, 2.45) is 0 Å². The van der Waals surface area contributed by atoms with Crippen LogP contribution < -0.4 is 5.32 Å². The molecule has 0 spiro atoms. The molecular weight excluding hydrogens is 224 g/mol. The molecular formula is C14H20N4. The lowest BCUT2D eigenvalue weighted by atomic mass is 10.0. The second-order valence-electron chi connectivity index (χ2n) is 4.37. The van der Waals surface area contributed by atoms with Gasteiger partial charge >= 0.3 is 0 Å². The fraction of sp³-hybridized carbons (Fsp3) is 0.429. The number of likely N-dealkylation sites (N-methyl/N-ethyl adjacent to an activating group) is 1. The molecule has 0 aliphatic heterocycles. The first-order valence-corrected chi connectivity index (χ1v) is 6.41. The SMILES string of the molecule is CCn1ncnc1CC(Cc1ccccc1)NC. The minimum atomic E-state index is 0.391. The molecule has 0 radical (unpaired) electrons. The van der Waals surface area contributed by atoms with Crippen LogP contribution >= 0.6 is 0 Å². The maximum absolute atomic E-state index is 4.33. The minimum absolute atomic E-state index is 0.391. The standard InChI is InChI=1S/C14H20N4/c1-3-18-14(16-11-17-18)10-13(15-2)9-12-7-5-4-6-8-12/h4-8,11,13,15H,3,9-10H2,1-2H3. The molecule has 2 aromatic rings. The quantitative estimate of drug-likeness (QED) is 0.840. The van der Waals surface area contributed by atoms with Gasteiger partial charge in [0, 0.05) is 19.0 Å². The van der Waals surface area contributed by atoms with Gasteiger partial charge in [-0.05, 0) is 26.0 Å². The summed E-state index contributed by atoms with van der Waals surface area (Å²) in [7, 11) is 2.00. The topological polar surface area (TPSA) is 42.7 Å². The molecule has 4 nitrogen and oxygen atoms in total. The van der Waals surface area contributed by atoms with Gasteiger partial charge in [-0.2, -0.15) is 5.10 Å². The predicted molar refractivity (Wildman–Crippen MR) is 72.4 cm³/mol. The van der Waals surface area contributed by atoms with Crippen molar-refractivity contribution >= 4 is 0 Å². The van der Waals surface area contributed by atoms with E-state index >= 15 is 0 Å². The first kappa shape index (κ1) is 12.8. The van der Waals surface area contributed by atoms with Crippen LogP contribution in [0.15, 0.2) is 36.7 Å². The molecule has 0 bridgehead atoms. The first-order chi connectivity index (χ1) is 8.83. The van der Waals surface area contributed by atoms with E-state index in [0.29, 0.717) is 6.04 Å². The zero-order chi connectivity index (χ0) is 12.8. The van der Waals surface area contributed by atoms with Gasteiger partial charge in [-0.3, -0.25) is 4.68 Å². The monoisotopic (exact) mass is 244 g/mol. The molecule has 1 N–H and O–H groups in total. The van der Waals surface area contributed by atoms with Gasteiger partial charge in [0.2, 0.25) is 0 Å². The molecule has 0 amide bonds. The Kier molecular flexibility index (Phi) is 4.47. The third-order valence-electron chi connectivity index (χ3n) is 3.16. The zero-order valence-corrected chi connectivity index (χ0v) is 11.0. The summed E-state index contributed by atoms with van der Waals surface area (Å²) in [6.45, 7) is 2.96. The number of nitrogens with one attached hydrogen (secondary N) is 1. The Bertz CT molecular complexity index is 464. The van der Waals surface area contributed by atoms with E-state index in [1.165, 1.54) is 5.56 Å². The average Bonchev–Trinajstić information content (AvgIpc) is 2.86. The largest absolute Gasteiger partial charge is 0.316 e. The Morgan fingerprint density at radius 2 is 2.00 bits per heavy atom. The van der Waals surface area contributed by atoms with E-state index in [1.807, 2.05) is 17.8 Å². The van der Waals surface area contributed by atoms with Crippen molar-refractivity contribution in [3.05, 3.63) is 48.0 Å². The predicted octanol–water partition coefficient (Wildman–Crippen LogP) is 1.67. The first-order valence-electron chi connectivity index (χ1n) is 6.41. The highest BCUT2D eigenvalue weighted by molar-refractivity contribution is 5.16. The number of hydrogen-bond donors (Lipinski definition) is 1. The number of rotatable bonds is 6. The van der Waals surface area contributed by atoms with Crippen LogP contribution in [0.2, 0.25) is 0 Å². The molecule has 0 fully saturated rings. The fourth-order valence-electron chi connectivity index (χ4n) is 2.11. The summed E-state index contributed by atoms with van der Waals surface area (Å²) in [5.74, 6) is 1.05. The fourth-order valence-corrected chi connectivity index (χ4v) is 2.11. The highest BCUT2D eigenvalue weighted by atomic mass is 15.3. The Hall–Kier alpha value is -1.68. The van der Waals surface area contributed by atoms with Crippen LogP contribution in [0.5, 0.6) is 0 Å². The number of nitrogens with zero attached hydrogens (tertiary/aromatic N) is 3. The molecule has 0 aliphatic carbocycles. The molecule has 1 heterocycles. The Labute approximate surface area is 108 Å². The van der Waals surface area contributed by atoms with E-state index in [1.54, 1.807) is 6.33 Å². The lowest BCUT2D eigenvalue weighted by Crippen LogP contribution is -2.31. The summed E-state index contributed by atoms with van der Waals surface area (Å²) in [6.07, 6.45) is 3.54. The molecule has 1 unspecified atom stereocenters. The summed E-state index contributed by atoms with van der Waals surface area (Å²) in [5.41, 5.74) is 1.35. The highest BCUT2D eigenvalue weighted by Crippen LogP contribution is 2.07. The third-order valence-corrected chi connectivity index (χ3v) is 3.16. The molecule has 2 rings (SSSR count). The molecule has 1 atom stereocenters. The second-order valence-corrected chi connectivity index (χ2v) is 4.37. The number of benzene rings is 1. The van der Waals surface area contributed by atoms with Gasteiger partial charge < -0.3 is 5.32 Å². The van der Waals surface area contributed by atoms with Gasteiger partial charge in [0.25, 0.3) is 0 Å². The van der Waals surface area contributed by atoms with E-state index in [9.17, 15) is 0 Å². The summed E-state index contributed by atoms with van der Waals surface area (Å²) >= 11 is 0. The Morgan fingerprint density at radius 3 is 2.67 bits per heavy atom. The minimum Gasteiger partial charge on any atom is -0.316 e. The van der Waals surface area contributed by atoms with Crippen molar-refractivity contribution in [1.82, 2.24) is 20.1 Å². The van der Waals surface area contributed by atoms with Crippen molar-refractivity contribution in [1.29, 1.82) is 0 Å². The molecule has 96 valence electrons. The van der Waals surface area contributed by atoms with Crippen LogP contribution in [-0.2, 0) is 19.4 Å². The lowest BCUT2D eigenvalue weighted by Gasteiger charge is -2.16. The normalized spacial score (nSPS) is 12.6. The second kappa shape index (κ2) is 6.31. The molecule has 18 heavy (non-hydrogen) atoms. The van der Waals surface area contributed by atoms with Gasteiger partial charge in [0.05, 0.1) is 0 Å². The Balaban J connectivity index is 2.02. The van der Waals surface area contributed by atoms with Crippen molar-refractivity contribution in [2.75, 3.05) is 7.05 Å². The molecule has 1 aromatic heterocycles. The van der Waals surface area contributed by atoms with Crippen LogP contribution in [0.3, 0.4) is 0 Å². The van der Waals surface area contributed by atoms with Gasteiger partial charge in [-0.15, -0.1) is 0 Å². The molecule has 0 saturated carbocycles. The maximum atomic E-state index is 4.33. The van der Waals surface area contributed by atoms with E-state index in [0.717, 1.165) is 25.2 Å². The van der Waals surface area contributed by atoms with E-state index < -0.39 is 0 Å². The highest BCUT2D eigenvalue weighted by Gasteiger charge is 2.12. The van der Waals surface area contributed by atoms with Crippen molar-refractivity contribution in [3.8, 4) is 0 Å². The van der Waals surface area contributed by atoms with Gasteiger partial charge in [-0.1, -0.05) is 30.3 Å². The number of hydrogen-bond acceptors (Lipinski definition) is 3. The number of aryl methyl sites for hydroxylation is 1. The van der Waals surface area contributed by atoms with Crippen molar-refractivity contribution in [3.63, 3.8) is 0 Å². The van der Waals surface area contributed by atoms with Crippen molar-refractivity contribution in [2.45, 2.75) is 32.4 Å². The summed E-state index contributed by atoms with van der Waals surface area (Å²) in [4.78, 5) is 4.33. The average molecular weight is 244 g/mol. The van der Waals surface area contributed by atoms with Crippen LogP contribution in [-0.4, -0.2) is 27.9 Å². The molecule has 1 aromatic carbocycles. The van der Waals surface area contributed by atoms with E-state index in [-0.39, 0.29) is 0 Å². The van der Waals surface area contributed by atoms with Crippen LogP contribution in [0.4, 0.5) is 0 Å². The smallest absolute Gasteiger partial charge is 0.138 e. The van der Waals surface area contributed by atoms with E-state index in [2.05, 4.69) is 46.6 Å². The third kappa shape index (κ3) is 3.17. The van der Waals surface area contributed by atoms with E-state index in [4.69, 9.17) is 0 Å². The summed E-state index contributed by atoms with van der Waals surface area (Å²) in [6, 6.07) is 10.9. The van der Waals surface area contributed by atoms with Gasteiger partial charge in [0.1, 0.15) is 12.2 Å². The van der Waals surface area contributed by atoms with Crippen LogP contribution in [0.1, 0.15) is 18.3 Å². The zero-order valence-electron chi connectivity index (χ0n) is 11.0. The Morgan fingerprint density at radius 1 is 1.22 bits per heavy atom. The van der Waals surface area contributed by atoms with Crippen LogP contribution in [0.25, 0.3) is 0 Å². The summed E-state index contributed by atoms with van der Waals surface area (Å²) in [5, 5.41) is 7.57. The number of aromatic nitrogens is 3. The molecule has 0 saturated heterocycles. The van der Waals surface area contributed by atoms with Crippen LogP contribution in [0, 0.1) is 0 Å². The summed E-state index contributed by atoms with van der Waals surface area (Å²) < 4.78 is 1.95.